The van der Waals surface area contributed by atoms with E-state index in [1.807, 2.05) is 37.4 Å². The van der Waals surface area contributed by atoms with Gasteiger partial charge in [0.05, 0.1) is 11.3 Å². The van der Waals surface area contributed by atoms with Crippen molar-refractivity contribution in [3.05, 3.63) is 88.7 Å². The van der Waals surface area contributed by atoms with Gasteiger partial charge in [-0.15, -0.1) is 10.2 Å². The number of halogens is 1. The predicted molar refractivity (Wildman–Crippen MR) is 113 cm³/mol. The summed E-state index contributed by atoms with van der Waals surface area (Å²) in [6, 6.07) is 19.7. The Bertz CT molecular complexity index is 1140. The fraction of sp³-hybridized carbons (Fsp3) is 0.0476. The Morgan fingerprint density at radius 2 is 1.79 bits per heavy atom. The third-order valence-corrected chi connectivity index (χ3v) is 4.73. The Kier molecular flexibility index (Phi) is 5.35. The van der Waals surface area contributed by atoms with Gasteiger partial charge in [0.2, 0.25) is 5.88 Å². The molecule has 29 heavy (non-hydrogen) atoms. The maximum atomic E-state index is 12.4. The number of nitrogens with zero attached hydrogens (tertiary/aromatic N) is 4. The Labute approximate surface area is 175 Å². The molecule has 0 atom stereocenters. The molecule has 4 rings (SSSR count). The summed E-state index contributed by atoms with van der Waals surface area (Å²) in [5.41, 5.74) is 2.13. The highest BCUT2D eigenvalue weighted by Crippen LogP contribution is 2.23. The number of anilines is 1. The lowest BCUT2D eigenvalue weighted by Gasteiger charge is -2.08. The van der Waals surface area contributed by atoms with Crippen LogP contribution in [-0.4, -0.2) is 25.9 Å². The molecule has 4 aromatic rings. The second-order valence-electron chi connectivity index (χ2n) is 6.19. The minimum absolute atomic E-state index is 0.193. The van der Waals surface area contributed by atoms with E-state index in [4.69, 9.17) is 4.74 Å². The molecule has 0 aliphatic carbocycles. The van der Waals surface area contributed by atoms with E-state index in [2.05, 4.69) is 36.5 Å². The lowest BCUT2D eigenvalue weighted by atomic mass is 10.2. The van der Waals surface area contributed by atoms with Crippen molar-refractivity contribution < 1.29 is 9.53 Å². The molecule has 2 aromatic heterocycles. The third kappa shape index (κ3) is 4.49. The van der Waals surface area contributed by atoms with Gasteiger partial charge in [0.1, 0.15) is 5.75 Å². The molecule has 2 heterocycles. The van der Waals surface area contributed by atoms with Crippen LogP contribution in [0.4, 0.5) is 5.69 Å². The van der Waals surface area contributed by atoms with Crippen molar-refractivity contribution in [2.75, 3.05) is 5.32 Å². The standard InChI is InChI=1S/C21H16BrN5O2/c1-14-12-13-27(26-14)19-10-11-20(25-24-19)29-16-8-6-15(7-9-16)23-21(28)17-4-2-3-5-18(17)22/h2-13H,1H3,(H,23,28). The summed E-state index contributed by atoms with van der Waals surface area (Å²) in [4.78, 5) is 12.4. The van der Waals surface area contributed by atoms with E-state index in [0.717, 1.165) is 10.2 Å². The number of rotatable bonds is 5. The number of aryl methyl sites for hydroxylation is 1. The van der Waals surface area contributed by atoms with Gasteiger partial charge in [-0.3, -0.25) is 4.79 Å². The summed E-state index contributed by atoms with van der Waals surface area (Å²) in [5, 5.41) is 15.3. The molecular weight excluding hydrogens is 434 g/mol. The molecule has 1 N–H and O–H groups in total. The number of aromatic nitrogens is 4. The van der Waals surface area contributed by atoms with Crippen LogP contribution in [0.2, 0.25) is 0 Å². The number of amides is 1. The van der Waals surface area contributed by atoms with Crippen LogP contribution in [0.15, 0.2) is 77.4 Å². The van der Waals surface area contributed by atoms with E-state index in [9.17, 15) is 4.79 Å². The van der Waals surface area contributed by atoms with E-state index in [1.165, 1.54) is 0 Å². The number of hydrogen-bond donors (Lipinski definition) is 1. The van der Waals surface area contributed by atoms with Crippen LogP contribution in [0.5, 0.6) is 11.6 Å². The second kappa shape index (κ2) is 8.24. The number of carbonyl (C=O) groups excluding carboxylic acids is 1. The smallest absolute Gasteiger partial charge is 0.256 e. The first-order valence-electron chi connectivity index (χ1n) is 8.79. The highest BCUT2D eigenvalue weighted by atomic mass is 79.9. The first-order valence-corrected chi connectivity index (χ1v) is 9.58. The van der Waals surface area contributed by atoms with Crippen LogP contribution in [0.1, 0.15) is 16.1 Å². The van der Waals surface area contributed by atoms with Gasteiger partial charge in [-0.25, -0.2) is 4.68 Å². The molecular formula is C21H16BrN5O2. The van der Waals surface area contributed by atoms with Crippen LogP contribution < -0.4 is 10.1 Å². The molecule has 0 radical (unpaired) electrons. The molecule has 0 aliphatic rings. The molecule has 8 heteroatoms. The molecule has 0 unspecified atom stereocenters. The molecule has 2 aromatic carbocycles. The molecule has 0 fully saturated rings. The molecule has 144 valence electrons. The summed E-state index contributed by atoms with van der Waals surface area (Å²) in [5.74, 6) is 1.36. The zero-order chi connectivity index (χ0) is 20.2. The molecule has 0 saturated carbocycles. The molecule has 0 aliphatic heterocycles. The normalized spacial score (nSPS) is 10.6. The number of nitrogens with one attached hydrogen (secondary N) is 1. The average molecular weight is 450 g/mol. The lowest BCUT2D eigenvalue weighted by molar-refractivity contribution is 0.102. The monoisotopic (exact) mass is 449 g/mol. The van der Waals surface area contributed by atoms with Crippen molar-refractivity contribution in [3.63, 3.8) is 0 Å². The minimum Gasteiger partial charge on any atom is -0.438 e. The van der Waals surface area contributed by atoms with E-state index >= 15 is 0 Å². The molecule has 0 spiro atoms. The van der Waals surface area contributed by atoms with Gasteiger partial charge in [-0.05, 0) is 71.4 Å². The van der Waals surface area contributed by atoms with Crippen molar-refractivity contribution >= 4 is 27.5 Å². The van der Waals surface area contributed by atoms with Crippen molar-refractivity contribution in [1.82, 2.24) is 20.0 Å². The van der Waals surface area contributed by atoms with E-state index in [0.29, 0.717) is 28.7 Å². The van der Waals surface area contributed by atoms with E-state index in [1.54, 1.807) is 47.1 Å². The number of benzene rings is 2. The largest absolute Gasteiger partial charge is 0.438 e. The molecule has 1 amide bonds. The third-order valence-electron chi connectivity index (χ3n) is 4.04. The predicted octanol–water partition coefficient (Wildman–Crippen LogP) is 4.78. The number of hydrogen-bond acceptors (Lipinski definition) is 5. The van der Waals surface area contributed by atoms with Gasteiger partial charge in [0.25, 0.3) is 5.91 Å². The summed E-state index contributed by atoms with van der Waals surface area (Å²) in [6.07, 6.45) is 1.82. The molecule has 7 nitrogen and oxygen atoms in total. The summed E-state index contributed by atoms with van der Waals surface area (Å²) < 4.78 is 8.10. The zero-order valence-electron chi connectivity index (χ0n) is 15.4. The van der Waals surface area contributed by atoms with Gasteiger partial charge < -0.3 is 10.1 Å². The van der Waals surface area contributed by atoms with Gasteiger partial charge in [0.15, 0.2) is 5.82 Å². The highest BCUT2D eigenvalue weighted by Gasteiger charge is 2.10. The van der Waals surface area contributed by atoms with Crippen molar-refractivity contribution in [2.24, 2.45) is 0 Å². The fourth-order valence-corrected chi connectivity index (χ4v) is 3.07. The molecule has 0 bridgehead atoms. The van der Waals surface area contributed by atoms with Crippen LogP contribution >= 0.6 is 15.9 Å². The maximum Gasteiger partial charge on any atom is 0.256 e. The Morgan fingerprint density at radius 3 is 2.45 bits per heavy atom. The quantitative estimate of drug-likeness (QED) is 0.474. The van der Waals surface area contributed by atoms with Crippen molar-refractivity contribution in [1.29, 1.82) is 0 Å². The zero-order valence-corrected chi connectivity index (χ0v) is 17.0. The van der Waals surface area contributed by atoms with Gasteiger partial charge in [0, 0.05) is 22.4 Å². The first kappa shape index (κ1) is 18.8. The van der Waals surface area contributed by atoms with E-state index in [-0.39, 0.29) is 5.91 Å². The average Bonchev–Trinajstić information content (AvgIpc) is 3.16. The van der Waals surface area contributed by atoms with Crippen molar-refractivity contribution in [2.45, 2.75) is 6.92 Å². The molecule has 0 saturated heterocycles. The highest BCUT2D eigenvalue weighted by molar-refractivity contribution is 9.10. The number of ether oxygens (including phenoxy) is 1. The number of carbonyl (C=O) groups is 1. The first-order chi connectivity index (χ1) is 14.1. The summed E-state index contributed by atoms with van der Waals surface area (Å²) >= 11 is 3.38. The summed E-state index contributed by atoms with van der Waals surface area (Å²) in [6.45, 7) is 1.91. The Hall–Kier alpha value is -3.52. The van der Waals surface area contributed by atoms with Crippen LogP contribution in [0.3, 0.4) is 0 Å². The SMILES string of the molecule is Cc1ccn(-c2ccc(Oc3ccc(NC(=O)c4ccccc4Br)cc3)nn2)n1. The minimum atomic E-state index is -0.193. The van der Waals surface area contributed by atoms with Gasteiger partial charge in [-0.2, -0.15) is 5.10 Å². The van der Waals surface area contributed by atoms with Crippen LogP contribution in [0, 0.1) is 6.92 Å². The van der Waals surface area contributed by atoms with Crippen LogP contribution in [0.25, 0.3) is 5.82 Å². The lowest BCUT2D eigenvalue weighted by Crippen LogP contribution is -2.12. The van der Waals surface area contributed by atoms with Crippen molar-refractivity contribution in [3.8, 4) is 17.4 Å². The summed E-state index contributed by atoms with van der Waals surface area (Å²) in [7, 11) is 0. The van der Waals surface area contributed by atoms with Gasteiger partial charge in [-0.1, -0.05) is 12.1 Å². The maximum absolute atomic E-state index is 12.4. The van der Waals surface area contributed by atoms with Crippen LogP contribution in [-0.2, 0) is 0 Å². The second-order valence-corrected chi connectivity index (χ2v) is 7.05. The topological polar surface area (TPSA) is 81.9 Å². The van der Waals surface area contributed by atoms with Gasteiger partial charge >= 0.3 is 0 Å². The Morgan fingerprint density at radius 1 is 1.00 bits per heavy atom. The van der Waals surface area contributed by atoms with E-state index < -0.39 is 0 Å². The Balaban J connectivity index is 1.40. The fourth-order valence-electron chi connectivity index (χ4n) is 2.60.